The SMILES string of the molecule is CCCCc1ccc[n+](/N=C(\[O-])c2ccccn2)c1. The summed E-state index contributed by atoms with van der Waals surface area (Å²) in [7, 11) is 0. The molecular formula is C15H17N3O. The molecule has 2 rings (SSSR count). The van der Waals surface area contributed by atoms with E-state index in [0.29, 0.717) is 5.69 Å². The molecule has 0 aliphatic rings. The summed E-state index contributed by atoms with van der Waals surface area (Å²) in [6.07, 6.45) is 8.53. The molecule has 4 nitrogen and oxygen atoms in total. The summed E-state index contributed by atoms with van der Waals surface area (Å²) in [4.78, 5) is 3.99. The number of rotatable bonds is 5. The molecule has 0 saturated heterocycles. The molecule has 19 heavy (non-hydrogen) atoms. The summed E-state index contributed by atoms with van der Waals surface area (Å²) in [5, 5.41) is 15.9. The van der Waals surface area contributed by atoms with Crippen molar-refractivity contribution in [3.63, 3.8) is 0 Å². The van der Waals surface area contributed by atoms with Crippen molar-refractivity contribution >= 4 is 5.90 Å². The summed E-state index contributed by atoms with van der Waals surface area (Å²) in [5.74, 6) is -0.335. The first kappa shape index (κ1) is 13.2. The van der Waals surface area contributed by atoms with Crippen molar-refractivity contribution in [2.45, 2.75) is 26.2 Å². The summed E-state index contributed by atoms with van der Waals surface area (Å²) >= 11 is 0. The fraction of sp³-hybridized carbons (Fsp3) is 0.267. The van der Waals surface area contributed by atoms with Gasteiger partial charge in [0.25, 0.3) is 0 Å². The van der Waals surface area contributed by atoms with Crippen LogP contribution in [0, 0.1) is 0 Å². The third-order valence-electron chi connectivity index (χ3n) is 2.76. The van der Waals surface area contributed by atoms with E-state index in [1.807, 2.05) is 18.3 Å². The van der Waals surface area contributed by atoms with Crippen LogP contribution in [0.5, 0.6) is 0 Å². The molecule has 98 valence electrons. The highest BCUT2D eigenvalue weighted by Gasteiger charge is 2.02. The molecule has 2 aromatic rings. The first-order valence-electron chi connectivity index (χ1n) is 6.47. The van der Waals surface area contributed by atoms with Crippen molar-refractivity contribution in [1.29, 1.82) is 0 Å². The summed E-state index contributed by atoms with van der Waals surface area (Å²) in [6.45, 7) is 2.16. The second-order valence-corrected chi connectivity index (χ2v) is 4.32. The van der Waals surface area contributed by atoms with Gasteiger partial charge in [0.1, 0.15) is 0 Å². The number of pyridine rings is 2. The Kier molecular flexibility index (Phi) is 4.61. The molecule has 0 aliphatic carbocycles. The van der Waals surface area contributed by atoms with Crippen LogP contribution in [0.1, 0.15) is 31.0 Å². The number of hydrogen-bond donors (Lipinski definition) is 0. The Hall–Kier alpha value is -2.23. The fourth-order valence-corrected chi connectivity index (χ4v) is 1.75. The minimum Gasteiger partial charge on any atom is -0.853 e. The highest BCUT2D eigenvalue weighted by atomic mass is 16.3. The van der Waals surface area contributed by atoms with Gasteiger partial charge in [-0.25, -0.2) is 0 Å². The van der Waals surface area contributed by atoms with Crippen LogP contribution in [0.2, 0.25) is 0 Å². The van der Waals surface area contributed by atoms with Crippen LogP contribution >= 0.6 is 0 Å². The van der Waals surface area contributed by atoms with Crippen molar-refractivity contribution in [3.8, 4) is 0 Å². The lowest BCUT2D eigenvalue weighted by atomic mass is 10.1. The van der Waals surface area contributed by atoms with Gasteiger partial charge < -0.3 is 5.11 Å². The van der Waals surface area contributed by atoms with Crippen LogP contribution in [0.4, 0.5) is 0 Å². The van der Waals surface area contributed by atoms with E-state index in [2.05, 4.69) is 17.0 Å². The van der Waals surface area contributed by atoms with E-state index in [9.17, 15) is 5.11 Å². The van der Waals surface area contributed by atoms with Crippen molar-refractivity contribution in [2.75, 3.05) is 0 Å². The van der Waals surface area contributed by atoms with E-state index in [1.165, 1.54) is 5.56 Å². The molecule has 0 radical (unpaired) electrons. The van der Waals surface area contributed by atoms with Gasteiger partial charge in [-0.05, 0) is 36.1 Å². The Labute approximate surface area is 113 Å². The topological polar surface area (TPSA) is 52.2 Å². The van der Waals surface area contributed by atoms with Gasteiger partial charge in [-0.2, -0.15) is 0 Å². The lowest BCUT2D eigenvalue weighted by Crippen LogP contribution is -2.34. The lowest BCUT2D eigenvalue weighted by molar-refractivity contribution is -0.681. The van der Waals surface area contributed by atoms with E-state index < -0.39 is 0 Å². The van der Waals surface area contributed by atoms with Gasteiger partial charge in [-0.15, -0.1) is 0 Å². The summed E-state index contributed by atoms with van der Waals surface area (Å²) in [6, 6.07) is 9.16. The Balaban J connectivity index is 2.18. The van der Waals surface area contributed by atoms with Crippen molar-refractivity contribution in [3.05, 3.63) is 60.2 Å². The average Bonchev–Trinajstić information content (AvgIpc) is 2.46. The Morgan fingerprint density at radius 2 is 2.21 bits per heavy atom. The predicted octanol–water partition coefficient (Wildman–Crippen LogP) is 1.28. The highest BCUT2D eigenvalue weighted by Crippen LogP contribution is 2.01. The molecule has 0 saturated carbocycles. The molecule has 4 heteroatoms. The number of nitrogens with zero attached hydrogens (tertiary/aromatic N) is 3. The second kappa shape index (κ2) is 6.64. The molecule has 0 N–H and O–H groups in total. The van der Waals surface area contributed by atoms with E-state index in [-0.39, 0.29) is 5.90 Å². The van der Waals surface area contributed by atoms with Gasteiger partial charge in [0.15, 0.2) is 0 Å². The number of hydrogen-bond acceptors (Lipinski definition) is 3. The third kappa shape index (κ3) is 3.88. The molecule has 0 aliphatic heterocycles. The predicted molar refractivity (Wildman–Crippen MR) is 71.4 cm³/mol. The average molecular weight is 255 g/mol. The minimum atomic E-state index is -0.335. The molecule has 0 fully saturated rings. The lowest BCUT2D eigenvalue weighted by Gasteiger charge is -2.05. The first-order valence-corrected chi connectivity index (χ1v) is 6.47. The molecule has 0 amide bonds. The van der Waals surface area contributed by atoms with Gasteiger partial charge in [0, 0.05) is 17.8 Å². The molecule has 0 unspecified atom stereocenters. The van der Waals surface area contributed by atoms with Crippen LogP contribution in [-0.2, 0) is 6.42 Å². The maximum Gasteiger partial charge on any atom is 0.205 e. The van der Waals surface area contributed by atoms with Gasteiger partial charge in [0.2, 0.25) is 12.4 Å². The minimum absolute atomic E-state index is 0.335. The van der Waals surface area contributed by atoms with Gasteiger partial charge in [-0.3, -0.25) is 4.98 Å². The Morgan fingerprint density at radius 1 is 1.32 bits per heavy atom. The third-order valence-corrected chi connectivity index (χ3v) is 2.76. The molecule has 0 atom stereocenters. The van der Waals surface area contributed by atoms with Crippen LogP contribution in [-0.4, -0.2) is 10.9 Å². The monoisotopic (exact) mass is 255 g/mol. The normalized spacial score (nSPS) is 11.5. The molecule has 0 bridgehead atoms. The molecule has 2 heterocycles. The number of unbranched alkanes of at least 4 members (excludes halogenated alkanes) is 1. The van der Waals surface area contributed by atoms with Crippen LogP contribution in [0.15, 0.2) is 54.0 Å². The number of aryl methyl sites for hydroxylation is 1. The Morgan fingerprint density at radius 3 is 2.95 bits per heavy atom. The zero-order valence-corrected chi connectivity index (χ0v) is 11.0. The second-order valence-electron chi connectivity index (χ2n) is 4.32. The molecule has 0 spiro atoms. The first-order chi connectivity index (χ1) is 9.29. The van der Waals surface area contributed by atoms with Crippen molar-refractivity contribution in [2.24, 2.45) is 5.10 Å². The summed E-state index contributed by atoms with van der Waals surface area (Å²) < 4.78 is 1.56. The van der Waals surface area contributed by atoms with E-state index >= 15 is 0 Å². The van der Waals surface area contributed by atoms with E-state index in [1.54, 1.807) is 35.3 Å². The van der Waals surface area contributed by atoms with E-state index in [4.69, 9.17) is 0 Å². The molecule has 0 aromatic carbocycles. The van der Waals surface area contributed by atoms with Crippen LogP contribution in [0.25, 0.3) is 0 Å². The van der Waals surface area contributed by atoms with E-state index in [0.717, 1.165) is 19.3 Å². The maximum atomic E-state index is 11.9. The quantitative estimate of drug-likeness (QED) is 0.459. The summed E-state index contributed by atoms with van der Waals surface area (Å²) in [5.41, 5.74) is 1.54. The van der Waals surface area contributed by atoms with Gasteiger partial charge in [-0.1, -0.05) is 24.1 Å². The number of aromatic nitrogens is 2. The van der Waals surface area contributed by atoms with Crippen molar-refractivity contribution in [1.82, 2.24) is 4.98 Å². The molecule has 2 aromatic heterocycles. The van der Waals surface area contributed by atoms with Crippen molar-refractivity contribution < 1.29 is 9.78 Å². The zero-order chi connectivity index (χ0) is 13.5. The Bertz CT molecular complexity index is 552. The fourth-order valence-electron chi connectivity index (χ4n) is 1.75. The molecular weight excluding hydrogens is 238 g/mol. The van der Waals surface area contributed by atoms with Crippen LogP contribution < -0.4 is 9.78 Å². The highest BCUT2D eigenvalue weighted by molar-refractivity contribution is 5.87. The van der Waals surface area contributed by atoms with Gasteiger partial charge in [0.05, 0.1) is 11.6 Å². The van der Waals surface area contributed by atoms with Gasteiger partial charge >= 0.3 is 0 Å². The maximum absolute atomic E-state index is 11.9. The standard InChI is InChI=1S/C15H17N3O/c1-2-3-7-13-8-6-11-18(12-13)17-15(19)14-9-4-5-10-16-14/h4-6,8-12H,2-3,7H2,1H3. The largest absolute Gasteiger partial charge is 0.853 e. The van der Waals surface area contributed by atoms with Crippen LogP contribution in [0.3, 0.4) is 0 Å². The zero-order valence-electron chi connectivity index (χ0n) is 11.0. The smallest absolute Gasteiger partial charge is 0.205 e.